The number of Topliss-reactive ketones (excluding diaryl/α,β-unsaturated/α-hetero) is 1. The predicted octanol–water partition coefficient (Wildman–Crippen LogP) is 8.84. The molecule has 43 heavy (non-hydrogen) atoms. The number of ketones is 1. The van der Waals surface area contributed by atoms with Crippen LogP contribution >= 0.6 is 0 Å². The van der Waals surface area contributed by atoms with E-state index in [1.54, 1.807) is 6.08 Å². The number of esters is 1. The average Bonchev–Trinajstić information content (AvgIpc) is 3.30. The Labute approximate surface area is 263 Å². The van der Waals surface area contributed by atoms with Crippen molar-refractivity contribution in [3.8, 4) is 0 Å². The molecule has 0 aromatic rings. The summed E-state index contributed by atoms with van der Waals surface area (Å²) in [5.41, 5.74) is 0.568. The highest BCUT2D eigenvalue weighted by Crippen LogP contribution is 2.21. The molecule has 1 aliphatic heterocycles. The standard InChI is InChI=1S/C37H66O6/c1-3-4-5-6-7-8-9-10-11-12-13-14-15-22-27-35(40)36(41)28-23-17-16-19-24-33(38)25-20-18-21-26-34(39)30-32-29-31(2)43-37(32)42/h14-15,29,31,34-36,39-41H,3-13,16-28,30H2,1-2H3. The van der Waals surface area contributed by atoms with Crippen LogP contribution in [0.25, 0.3) is 0 Å². The summed E-state index contributed by atoms with van der Waals surface area (Å²) in [5, 5.41) is 30.7. The Bertz CT molecular complexity index is 760. The lowest BCUT2D eigenvalue weighted by Crippen LogP contribution is -2.25. The molecule has 0 fully saturated rings. The van der Waals surface area contributed by atoms with Gasteiger partial charge in [0.05, 0.1) is 18.3 Å². The summed E-state index contributed by atoms with van der Waals surface area (Å²) in [7, 11) is 0. The zero-order valence-corrected chi connectivity index (χ0v) is 27.8. The monoisotopic (exact) mass is 606 g/mol. The first-order valence-electron chi connectivity index (χ1n) is 18.0. The number of hydrogen-bond donors (Lipinski definition) is 3. The minimum Gasteiger partial charge on any atom is -0.455 e. The van der Waals surface area contributed by atoms with Crippen molar-refractivity contribution in [3.05, 3.63) is 23.8 Å². The third-order valence-corrected chi connectivity index (χ3v) is 8.61. The molecule has 250 valence electrons. The van der Waals surface area contributed by atoms with E-state index >= 15 is 0 Å². The number of carbonyl (C=O) groups is 2. The number of ether oxygens (including phenoxy) is 1. The van der Waals surface area contributed by atoms with Crippen LogP contribution in [0.2, 0.25) is 0 Å². The van der Waals surface area contributed by atoms with Crippen molar-refractivity contribution in [2.45, 2.75) is 199 Å². The highest BCUT2D eigenvalue weighted by Gasteiger charge is 2.24. The van der Waals surface area contributed by atoms with Crippen molar-refractivity contribution in [1.82, 2.24) is 0 Å². The van der Waals surface area contributed by atoms with Crippen LogP contribution in [0.5, 0.6) is 0 Å². The first kappa shape index (κ1) is 39.5. The Balaban J connectivity index is 1.89. The second-order valence-corrected chi connectivity index (χ2v) is 12.9. The van der Waals surface area contributed by atoms with Gasteiger partial charge >= 0.3 is 5.97 Å². The summed E-state index contributed by atoms with van der Waals surface area (Å²) >= 11 is 0. The molecule has 0 bridgehead atoms. The van der Waals surface area contributed by atoms with Crippen LogP contribution in [0.15, 0.2) is 23.8 Å². The number of aliphatic hydroxyl groups excluding tert-OH is 3. The first-order chi connectivity index (χ1) is 20.8. The van der Waals surface area contributed by atoms with E-state index in [0.29, 0.717) is 49.9 Å². The molecule has 0 spiro atoms. The lowest BCUT2D eigenvalue weighted by molar-refractivity contribution is -0.139. The summed E-state index contributed by atoms with van der Waals surface area (Å²) in [6, 6.07) is 0. The third kappa shape index (κ3) is 22.6. The Hall–Kier alpha value is -1.50. The van der Waals surface area contributed by atoms with Gasteiger partial charge in [-0.1, -0.05) is 109 Å². The van der Waals surface area contributed by atoms with Gasteiger partial charge in [0.25, 0.3) is 0 Å². The molecule has 1 aliphatic rings. The lowest BCUT2D eigenvalue weighted by atomic mass is 9.99. The van der Waals surface area contributed by atoms with Gasteiger partial charge in [0.2, 0.25) is 0 Å². The van der Waals surface area contributed by atoms with Crippen LogP contribution in [-0.2, 0) is 14.3 Å². The van der Waals surface area contributed by atoms with Crippen LogP contribution in [-0.4, -0.2) is 51.5 Å². The SMILES string of the molecule is CCCCCCCCCCCCC=CCCC(O)C(O)CCCCCCC(=O)CCCCCC(O)CC1=CC(C)OC1=O. The third-order valence-electron chi connectivity index (χ3n) is 8.61. The highest BCUT2D eigenvalue weighted by atomic mass is 16.5. The fourth-order valence-corrected chi connectivity index (χ4v) is 5.81. The molecule has 0 saturated heterocycles. The minimum absolute atomic E-state index is 0.202. The number of unbranched alkanes of at least 4 members (excludes halogenated alkanes) is 15. The van der Waals surface area contributed by atoms with Crippen molar-refractivity contribution in [2.24, 2.45) is 0 Å². The van der Waals surface area contributed by atoms with Gasteiger partial charge in [0.15, 0.2) is 0 Å². The summed E-state index contributed by atoms with van der Waals surface area (Å²) in [5.74, 6) is -0.0240. The van der Waals surface area contributed by atoms with Crippen molar-refractivity contribution in [2.75, 3.05) is 0 Å². The zero-order chi connectivity index (χ0) is 31.5. The second kappa shape index (κ2) is 26.9. The maximum Gasteiger partial charge on any atom is 0.334 e. The van der Waals surface area contributed by atoms with Gasteiger partial charge in [0.1, 0.15) is 11.9 Å². The molecule has 0 aromatic carbocycles. The van der Waals surface area contributed by atoms with Crippen LogP contribution < -0.4 is 0 Å². The molecule has 0 aromatic heterocycles. The van der Waals surface area contributed by atoms with Gasteiger partial charge in [-0.3, -0.25) is 4.79 Å². The van der Waals surface area contributed by atoms with Crippen LogP contribution in [0, 0.1) is 0 Å². The second-order valence-electron chi connectivity index (χ2n) is 12.9. The molecule has 0 saturated carbocycles. The smallest absolute Gasteiger partial charge is 0.334 e. The topological polar surface area (TPSA) is 104 Å². The fraction of sp³-hybridized carbons (Fsp3) is 0.838. The molecule has 4 unspecified atom stereocenters. The van der Waals surface area contributed by atoms with Crippen molar-refractivity contribution >= 4 is 11.8 Å². The van der Waals surface area contributed by atoms with E-state index in [4.69, 9.17) is 4.74 Å². The molecule has 0 aliphatic carbocycles. The molecule has 0 amide bonds. The van der Waals surface area contributed by atoms with E-state index in [1.165, 1.54) is 64.2 Å². The number of allylic oxidation sites excluding steroid dienone is 2. The molecule has 6 nitrogen and oxygen atoms in total. The summed E-state index contributed by atoms with van der Waals surface area (Å²) in [6.45, 7) is 4.07. The Morgan fingerprint density at radius 1 is 0.721 bits per heavy atom. The maximum atomic E-state index is 12.2. The van der Waals surface area contributed by atoms with Crippen LogP contribution in [0.1, 0.15) is 174 Å². The quantitative estimate of drug-likeness (QED) is 0.0429. The number of aliphatic hydroxyl groups is 3. The molecule has 1 rings (SSSR count). The van der Waals surface area contributed by atoms with E-state index in [-0.39, 0.29) is 12.1 Å². The first-order valence-corrected chi connectivity index (χ1v) is 18.0. The van der Waals surface area contributed by atoms with Crippen LogP contribution in [0.4, 0.5) is 0 Å². The summed E-state index contributed by atoms with van der Waals surface area (Å²) in [4.78, 5) is 23.8. The Kier molecular flexibility index (Phi) is 24.7. The molecular formula is C37H66O6. The normalized spacial score (nSPS) is 17.3. The lowest BCUT2D eigenvalue weighted by Gasteiger charge is -2.17. The number of rotatable bonds is 30. The van der Waals surface area contributed by atoms with Gasteiger partial charge < -0.3 is 20.1 Å². The predicted molar refractivity (Wildman–Crippen MR) is 177 cm³/mol. The number of carbonyl (C=O) groups excluding carboxylic acids is 2. The van der Waals surface area contributed by atoms with Gasteiger partial charge in [-0.25, -0.2) is 4.79 Å². The van der Waals surface area contributed by atoms with E-state index in [9.17, 15) is 24.9 Å². The Morgan fingerprint density at radius 3 is 1.86 bits per heavy atom. The van der Waals surface area contributed by atoms with E-state index < -0.39 is 18.3 Å². The van der Waals surface area contributed by atoms with E-state index in [0.717, 1.165) is 57.8 Å². The maximum absolute atomic E-state index is 12.2. The number of hydrogen-bond acceptors (Lipinski definition) is 6. The van der Waals surface area contributed by atoms with Crippen molar-refractivity contribution in [1.29, 1.82) is 0 Å². The van der Waals surface area contributed by atoms with Crippen molar-refractivity contribution in [3.63, 3.8) is 0 Å². The van der Waals surface area contributed by atoms with Gasteiger partial charge in [-0.2, -0.15) is 0 Å². The molecule has 0 radical (unpaired) electrons. The Morgan fingerprint density at radius 2 is 1.23 bits per heavy atom. The number of cyclic esters (lactones) is 1. The largest absolute Gasteiger partial charge is 0.455 e. The van der Waals surface area contributed by atoms with Gasteiger partial charge in [-0.15, -0.1) is 0 Å². The minimum atomic E-state index is -0.664. The molecule has 6 heteroatoms. The van der Waals surface area contributed by atoms with Crippen molar-refractivity contribution < 1.29 is 29.6 Å². The fourth-order valence-electron chi connectivity index (χ4n) is 5.81. The van der Waals surface area contributed by atoms with Gasteiger partial charge in [0, 0.05) is 24.8 Å². The molecule has 1 heterocycles. The zero-order valence-electron chi connectivity index (χ0n) is 27.8. The van der Waals surface area contributed by atoms with Gasteiger partial charge in [-0.05, 0) is 64.4 Å². The summed E-state index contributed by atoms with van der Waals surface area (Å²) in [6.07, 6.45) is 29.2. The average molecular weight is 607 g/mol. The highest BCUT2D eigenvalue weighted by molar-refractivity contribution is 5.90. The molecular weight excluding hydrogens is 540 g/mol. The van der Waals surface area contributed by atoms with Crippen LogP contribution in [0.3, 0.4) is 0 Å². The van der Waals surface area contributed by atoms with E-state index in [2.05, 4.69) is 19.1 Å². The molecule has 4 atom stereocenters. The summed E-state index contributed by atoms with van der Waals surface area (Å²) < 4.78 is 5.06. The van der Waals surface area contributed by atoms with E-state index in [1.807, 2.05) is 6.92 Å². The molecule has 3 N–H and O–H groups in total.